The molecule has 1 saturated heterocycles. The average Bonchev–Trinajstić information content (AvgIpc) is 2.76. The van der Waals surface area contributed by atoms with E-state index in [0.717, 1.165) is 16.8 Å². The SMILES string of the molecule is COc1ccc(S(=O)(=O)N2CCC[C@H](C(=O)Nc3cccc(C)c3C)C2)cc1OC. The zero-order valence-electron chi connectivity index (χ0n) is 17.8. The maximum absolute atomic E-state index is 13.2. The van der Waals surface area contributed by atoms with Crippen LogP contribution in [0.3, 0.4) is 0 Å². The van der Waals surface area contributed by atoms with Crippen LogP contribution in [0.15, 0.2) is 41.3 Å². The van der Waals surface area contributed by atoms with E-state index in [1.165, 1.54) is 30.7 Å². The van der Waals surface area contributed by atoms with Gasteiger partial charge in [-0.05, 0) is 56.0 Å². The van der Waals surface area contributed by atoms with Gasteiger partial charge in [0.2, 0.25) is 15.9 Å². The minimum absolute atomic E-state index is 0.121. The minimum atomic E-state index is -3.76. The number of nitrogens with one attached hydrogen (secondary N) is 1. The van der Waals surface area contributed by atoms with Crippen LogP contribution in [0, 0.1) is 19.8 Å². The summed E-state index contributed by atoms with van der Waals surface area (Å²) in [6.45, 7) is 4.47. The molecule has 1 aliphatic rings. The maximum atomic E-state index is 13.2. The molecule has 0 bridgehead atoms. The van der Waals surface area contributed by atoms with Crippen molar-refractivity contribution in [3.05, 3.63) is 47.5 Å². The maximum Gasteiger partial charge on any atom is 0.243 e. The lowest BCUT2D eigenvalue weighted by Gasteiger charge is -2.31. The Bertz CT molecular complexity index is 1040. The number of benzene rings is 2. The number of piperidine rings is 1. The molecule has 0 aromatic heterocycles. The molecule has 162 valence electrons. The van der Waals surface area contributed by atoms with Crippen molar-refractivity contribution in [2.75, 3.05) is 32.6 Å². The number of methoxy groups -OCH3 is 2. The van der Waals surface area contributed by atoms with Crippen LogP contribution in [0.4, 0.5) is 5.69 Å². The van der Waals surface area contributed by atoms with Crippen molar-refractivity contribution >= 4 is 21.6 Å². The molecule has 0 radical (unpaired) electrons. The van der Waals surface area contributed by atoms with E-state index in [1.807, 2.05) is 32.0 Å². The first-order chi connectivity index (χ1) is 14.3. The van der Waals surface area contributed by atoms with Crippen molar-refractivity contribution in [3.8, 4) is 11.5 Å². The lowest BCUT2D eigenvalue weighted by molar-refractivity contribution is -0.120. The minimum Gasteiger partial charge on any atom is -0.493 e. The highest BCUT2D eigenvalue weighted by atomic mass is 32.2. The molecule has 1 amide bonds. The van der Waals surface area contributed by atoms with Crippen molar-refractivity contribution in [2.45, 2.75) is 31.6 Å². The second-order valence-corrected chi connectivity index (χ2v) is 9.39. The molecule has 0 unspecified atom stereocenters. The third-order valence-electron chi connectivity index (χ3n) is 5.61. The third-order valence-corrected chi connectivity index (χ3v) is 7.47. The van der Waals surface area contributed by atoms with Gasteiger partial charge in [0.25, 0.3) is 0 Å². The van der Waals surface area contributed by atoms with Gasteiger partial charge in [-0.1, -0.05) is 12.1 Å². The number of amides is 1. The number of carbonyl (C=O) groups is 1. The Kier molecular flexibility index (Phi) is 6.67. The van der Waals surface area contributed by atoms with Gasteiger partial charge in [0.05, 0.1) is 25.0 Å². The Labute approximate surface area is 178 Å². The van der Waals surface area contributed by atoms with E-state index in [2.05, 4.69) is 5.32 Å². The van der Waals surface area contributed by atoms with Gasteiger partial charge < -0.3 is 14.8 Å². The fraction of sp³-hybridized carbons (Fsp3) is 0.409. The molecule has 1 fully saturated rings. The van der Waals surface area contributed by atoms with E-state index in [1.54, 1.807) is 6.07 Å². The number of anilines is 1. The molecule has 1 aliphatic heterocycles. The van der Waals surface area contributed by atoms with Crippen LogP contribution in [0.2, 0.25) is 0 Å². The highest BCUT2D eigenvalue weighted by Crippen LogP contribution is 2.32. The average molecular weight is 433 g/mol. The number of rotatable bonds is 6. The fourth-order valence-electron chi connectivity index (χ4n) is 3.62. The summed E-state index contributed by atoms with van der Waals surface area (Å²) in [7, 11) is -0.799. The number of sulfonamides is 1. The summed E-state index contributed by atoms with van der Waals surface area (Å²) in [4.78, 5) is 13.0. The zero-order valence-corrected chi connectivity index (χ0v) is 18.6. The van der Waals surface area contributed by atoms with Gasteiger partial charge in [0, 0.05) is 24.8 Å². The molecular weight excluding hydrogens is 404 g/mol. The first-order valence-electron chi connectivity index (χ1n) is 9.87. The molecular formula is C22H28N2O5S. The van der Waals surface area contributed by atoms with E-state index in [0.29, 0.717) is 30.9 Å². The highest BCUT2D eigenvalue weighted by Gasteiger charge is 2.34. The molecule has 30 heavy (non-hydrogen) atoms. The molecule has 0 saturated carbocycles. The van der Waals surface area contributed by atoms with Crippen LogP contribution in [0.25, 0.3) is 0 Å². The van der Waals surface area contributed by atoms with Crippen LogP contribution in [0.5, 0.6) is 11.5 Å². The van der Waals surface area contributed by atoms with Crippen molar-refractivity contribution in [1.82, 2.24) is 4.31 Å². The topological polar surface area (TPSA) is 84.9 Å². The number of hydrogen-bond donors (Lipinski definition) is 1. The summed E-state index contributed by atoms with van der Waals surface area (Å²) in [5.74, 6) is 0.241. The molecule has 1 heterocycles. The first kappa shape index (κ1) is 22.1. The molecule has 3 rings (SSSR count). The molecule has 1 atom stereocenters. The Hall–Kier alpha value is -2.58. The van der Waals surface area contributed by atoms with Gasteiger partial charge in [0.15, 0.2) is 11.5 Å². The number of hydrogen-bond acceptors (Lipinski definition) is 5. The molecule has 8 heteroatoms. The van der Waals surface area contributed by atoms with E-state index in [4.69, 9.17) is 9.47 Å². The number of aryl methyl sites for hydroxylation is 1. The molecule has 7 nitrogen and oxygen atoms in total. The number of carbonyl (C=O) groups excluding carboxylic acids is 1. The molecule has 2 aromatic carbocycles. The first-order valence-corrected chi connectivity index (χ1v) is 11.3. The normalized spacial score (nSPS) is 17.4. The van der Waals surface area contributed by atoms with Crippen LogP contribution < -0.4 is 14.8 Å². The smallest absolute Gasteiger partial charge is 0.243 e. The van der Waals surface area contributed by atoms with E-state index in [9.17, 15) is 13.2 Å². The van der Waals surface area contributed by atoms with E-state index in [-0.39, 0.29) is 17.3 Å². The van der Waals surface area contributed by atoms with Gasteiger partial charge in [0.1, 0.15) is 0 Å². The summed E-state index contributed by atoms with van der Waals surface area (Å²) in [6, 6.07) is 10.3. The van der Waals surface area contributed by atoms with Crippen LogP contribution in [0.1, 0.15) is 24.0 Å². The molecule has 1 N–H and O–H groups in total. The number of ether oxygens (including phenoxy) is 2. The van der Waals surface area contributed by atoms with Gasteiger partial charge in [-0.15, -0.1) is 0 Å². The lowest BCUT2D eigenvalue weighted by Crippen LogP contribution is -2.43. The number of nitrogens with zero attached hydrogens (tertiary/aromatic N) is 1. The summed E-state index contributed by atoms with van der Waals surface area (Å²) in [5, 5.41) is 2.97. The van der Waals surface area contributed by atoms with Gasteiger partial charge in [-0.3, -0.25) is 4.79 Å². The van der Waals surface area contributed by atoms with Crippen LogP contribution in [-0.4, -0.2) is 45.9 Å². The Morgan fingerprint density at radius 3 is 2.53 bits per heavy atom. The largest absolute Gasteiger partial charge is 0.493 e. The Morgan fingerprint density at radius 1 is 1.10 bits per heavy atom. The highest BCUT2D eigenvalue weighted by molar-refractivity contribution is 7.89. The monoisotopic (exact) mass is 432 g/mol. The molecule has 2 aromatic rings. The summed E-state index contributed by atoms with van der Waals surface area (Å²) < 4.78 is 38.2. The quantitative estimate of drug-likeness (QED) is 0.757. The van der Waals surface area contributed by atoms with Gasteiger partial charge in [-0.25, -0.2) is 8.42 Å². The van der Waals surface area contributed by atoms with Crippen molar-refractivity contribution in [2.24, 2.45) is 5.92 Å². The van der Waals surface area contributed by atoms with Crippen molar-refractivity contribution < 1.29 is 22.7 Å². The van der Waals surface area contributed by atoms with Gasteiger partial charge in [-0.2, -0.15) is 4.31 Å². The van der Waals surface area contributed by atoms with E-state index < -0.39 is 15.9 Å². The van der Waals surface area contributed by atoms with Crippen LogP contribution in [-0.2, 0) is 14.8 Å². The predicted molar refractivity (Wildman–Crippen MR) is 116 cm³/mol. The Balaban J connectivity index is 1.78. The molecule has 0 spiro atoms. The lowest BCUT2D eigenvalue weighted by atomic mass is 9.98. The zero-order chi connectivity index (χ0) is 21.9. The second kappa shape index (κ2) is 9.06. The molecule has 0 aliphatic carbocycles. The van der Waals surface area contributed by atoms with Crippen LogP contribution >= 0.6 is 0 Å². The Morgan fingerprint density at radius 2 is 1.83 bits per heavy atom. The van der Waals surface area contributed by atoms with E-state index >= 15 is 0 Å². The van der Waals surface area contributed by atoms with Crippen molar-refractivity contribution in [3.63, 3.8) is 0 Å². The second-order valence-electron chi connectivity index (χ2n) is 7.46. The summed E-state index contributed by atoms with van der Waals surface area (Å²) in [6.07, 6.45) is 1.27. The fourth-order valence-corrected chi connectivity index (χ4v) is 5.16. The summed E-state index contributed by atoms with van der Waals surface area (Å²) >= 11 is 0. The van der Waals surface area contributed by atoms with Crippen molar-refractivity contribution in [1.29, 1.82) is 0 Å². The standard InChI is InChI=1S/C22H28N2O5S/c1-15-7-5-9-19(16(15)2)23-22(25)17-8-6-12-24(14-17)30(26,27)18-10-11-20(28-3)21(13-18)29-4/h5,7,9-11,13,17H,6,8,12,14H2,1-4H3,(H,23,25)/t17-/m0/s1. The third kappa shape index (κ3) is 4.44. The predicted octanol–water partition coefficient (Wildman–Crippen LogP) is 3.36. The van der Waals surface area contributed by atoms with Gasteiger partial charge >= 0.3 is 0 Å². The summed E-state index contributed by atoms with van der Waals surface area (Å²) in [5.41, 5.74) is 2.87.